The molecule has 0 aliphatic rings. The van der Waals surface area contributed by atoms with Crippen LogP contribution in [0.15, 0.2) is 47.6 Å². The highest BCUT2D eigenvalue weighted by atomic mass is 16.5. The third kappa shape index (κ3) is 4.89. The number of anilines is 1. The van der Waals surface area contributed by atoms with Crippen molar-refractivity contribution >= 4 is 17.9 Å². The highest BCUT2D eigenvalue weighted by Gasteiger charge is 2.21. The van der Waals surface area contributed by atoms with Crippen LogP contribution in [0.2, 0.25) is 0 Å². The molecule has 0 aliphatic carbocycles. The van der Waals surface area contributed by atoms with Gasteiger partial charge in [0.25, 0.3) is 0 Å². The van der Waals surface area contributed by atoms with Gasteiger partial charge >= 0.3 is 5.97 Å². The Kier molecular flexibility index (Phi) is 6.84. The maximum atomic E-state index is 11.8. The van der Waals surface area contributed by atoms with E-state index in [4.69, 9.17) is 15.3 Å². The van der Waals surface area contributed by atoms with E-state index in [0.717, 1.165) is 5.56 Å². The van der Waals surface area contributed by atoms with Crippen LogP contribution < -0.4 is 20.6 Å². The van der Waals surface area contributed by atoms with E-state index in [9.17, 15) is 9.90 Å². The molecular formula is C19H23N3O4. The summed E-state index contributed by atoms with van der Waals surface area (Å²) < 4.78 is 11.1. The Labute approximate surface area is 152 Å². The molecule has 0 radical (unpaired) electrons. The van der Waals surface area contributed by atoms with Crippen molar-refractivity contribution in [1.29, 1.82) is 0 Å². The summed E-state index contributed by atoms with van der Waals surface area (Å²) in [6.45, 7) is 4.70. The number of ether oxygens (including phenoxy) is 2. The molecule has 2 aromatic rings. The number of carbonyl (C=O) groups is 1. The van der Waals surface area contributed by atoms with Gasteiger partial charge in [-0.15, -0.1) is 0 Å². The zero-order valence-electron chi connectivity index (χ0n) is 14.8. The SMILES string of the molecule is CCOc1ccc([C@H](Nc2ccc(C=NN)cc2)C(=O)O)cc1OCC. The number of nitrogens with two attached hydrogens (primary N) is 1. The van der Waals surface area contributed by atoms with Gasteiger partial charge < -0.3 is 25.7 Å². The summed E-state index contributed by atoms with van der Waals surface area (Å²) in [5.41, 5.74) is 2.06. The number of carboxylic acid groups (broad SMARTS) is 1. The molecule has 0 saturated heterocycles. The number of rotatable bonds is 9. The molecule has 0 amide bonds. The minimum atomic E-state index is -0.996. The summed E-state index contributed by atoms with van der Waals surface area (Å²) in [5, 5.41) is 16.1. The van der Waals surface area contributed by atoms with E-state index >= 15 is 0 Å². The Morgan fingerprint density at radius 1 is 1.15 bits per heavy atom. The summed E-state index contributed by atoms with van der Waals surface area (Å²) in [6.07, 6.45) is 1.51. The number of hydrazone groups is 1. The van der Waals surface area contributed by atoms with E-state index in [1.54, 1.807) is 42.5 Å². The molecule has 0 heterocycles. The van der Waals surface area contributed by atoms with Crippen LogP contribution >= 0.6 is 0 Å². The Morgan fingerprint density at radius 3 is 2.38 bits per heavy atom. The van der Waals surface area contributed by atoms with Gasteiger partial charge in [-0.3, -0.25) is 0 Å². The minimum absolute atomic E-state index is 0.457. The molecule has 4 N–H and O–H groups in total. The number of aliphatic carboxylic acids is 1. The Balaban J connectivity index is 2.28. The summed E-state index contributed by atoms with van der Waals surface area (Å²) >= 11 is 0. The second-order valence-corrected chi connectivity index (χ2v) is 5.39. The van der Waals surface area contributed by atoms with Crippen LogP contribution in [0.4, 0.5) is 5.69 Å². The van der Waals surface area contributed by atoms with Crippen molar-refractivity contribution in [2.24, 2.45) is 10.9 Å². The topological polar surface area (TPSA) is 106 Å². The smallest absolute Gasteiger partial charge is 0.330 e. The lowest BCUT2D eigenvalue weighted by Gasteiger charge is -2.18. The fourth-order valence-corrected chi connectivity index (χ4v) is 2.45. The molecule has 7 heteroatoms. The van der Waals surface area contributed by atoms with E-state index in [0.29, 0.717) is 36.0 Å². The summed E-state index contributed by atoms with van der Waals surface area (Å²) in [6, 6.07) is 11.3. The summed E-state index contributed by atoms with van der Waals surface area (Å²) in [4.78, 5) is 11.8. The van der Waals surface area contributed by atoms with E-state index < -0.39 is 12.0 Å². The predicted molar refractivity (Wildman–Crippen MR) is 101 cm³/mol. The Morgan fingerprint density at radius 2 is 1.81 bits per heavy atom. The van der Waals surface area contributed by atoms with Crippen molar-refractivity contribution in [2.45, 2.75) is 19.9 Å². The van der Waals surface area contributed by atoms with Crippen LogP contribution in [0, 0.1) is 0 Å². The third-order valence-electron chi connectivity index (χ3n) is 3.59. The van der Waals surface area contributed by atoms with Crippen molar-refractivity contribution in [2.75, 3.05) is 18.5 Å². The van der Waals surface area contributed by atoms with Crippen molar-refractivity contribution in [3.63, 3.8) is 0 Å². The lowest BCUT2D eigenvalue weighted by atomic mass is 10.1. The zero-order valence-corrected chi connectivity index (χ0v) is 14.8. The maximum Gasteiger partial charge on any atom is 0.330 e. The fraction of sp³-hybridized carbons (Fsp3) is 0.263. The van der Waals surface area contributed by atoms with Gasteiger partial charge in [0.15, 0.2) is 17.5 Å². The van der Waals surface area contributed by atoms with Gasteiger partial charge in [-0.25, -0.2) is 4.79 Å². The lowest BCUT2D eigenvalue weighted by Crippen LogP contribution is -2.20. The molecule has 138 valence electrons. The van der Waals surface area contributed by atoms with Crippen molar-refractivity contribution in [1.82, 2.24) is 0 Å². The first-order valence-electron chi connectivity index (χ1n) is 8.31. The van der Waals surface area contributed by atoms with Crippen molar-refractivity contribution in [3.8, 4) is 11.5 Å². The highest BCUT2D eigenvalue weighted by Crippen LogP contribution is 2.32. The van der Waals surface area contributed by atoms with E-state index in [2.05, 4.69) is 10.4 Å². The van der Waals surface area contributed by atoms with Gasteiger partial charge in [0.1, 0.15) is 0 Å². The summed E-state index contributed by atoms with van der Waals surface area (Å²) in [5.74, 6) is 5.24. The molecule has 0 saturated carbocycles. The molecule has 0 fully saturated rings. The first kappa shape index (κ1) is 19.1. The van der Waals surface area contributed by atoms with E-state index in [-0.39, 0.29) is 0 Å². The Bertz CT molecular complexity index is 760. The number of carboxylic acids is 1. The number of nitrogens with zero attached hydrogens (tertiary/aromatic N) is 1. The van der Waals surface area contributed by atoms with Gasteiger partial charge in [-0.05, 0) is 49.2 Å². The monoisotopic (exact) mass is 357 g/mol. The molecule has 0 spiro atoms. The second-order valence-electron chi connectivity index (χ2n) is 5.39. The lowest BCUT2D eigenvalue weighted by molar-refractivity contribution is -0.138. The average molecular weight is 357 g/mol. The van der Waals surface area contributed by atoms with E-state index in [1.807, 2.05) is 13.8 Å². The number of nitrogens with one attached hydrogen (secondary N) is 1. The van der Waals surface area contributed by atoms with Crippen LogP contribution in [0.25, 0.3) is 0 Å². The standard InChI is InChI=1S/C19H23N3O4/c1-3-25-16-10-7-14(11-17(16)26-4-2)18(19(23)24)22-15-8-5-13(6-9-15)12-21-20/h5-12,18,22H,3-4,20H2,1-2H3,(H,23,24)/t18-/m0/s1. The van der Waals surface area contributed by atoms with Crippen molar-refractivity contribution in [3.05, 3.63) is 53.6 Å². The summed E-state index contributed by atoms with van der Waals surface area (Å²) in [7, 11) is 0. The van der Waals surface area contributed by atoms with Crippen LogP contribution in [0.5, 0.6) is 11.5 Å². The molecule has 0 aromatic heterocycles. The zero-order chi connectivity index (χ0) is 18.9. The number of hydrogen-bond donors (Lipinski definition) is 3. The van der Waals surface area contributed by atoms with Gasteiger partial charge in [-0.1, -0.05) is 18.2 Å². The molecule has 26 heavy (non-hydrogen) atoms. The van der Waals surface area contributed by atoms with Gasteiger partial charge in [0.05, 0.1) is 19.4 Å². The first-order chi connectivity index (χ1) is 12.6. The van der Waals surface area contributed by atoms with Crippen LogP contribution in [-0.4, -0.2) is 30.5 Å². The molecule has 7 nitrogen and oxygen atoms in total. The molecule has 2 rings (SSSR count). The average Bonchev–Trinajstić information content (AvgIpc) is 2.63. The van der Waals surface area contributed by atoms with Crippen LogP contribution in [-0.2, 0) is 4.79 Å². The highest BCUT2D eigenvalue weighted by molar-refractivity contribution is 5.82. The first-order valence-corrected chi connectivity index (χ1v) is 8.31. The largest absolute Gasteiger partial charge is 0.490 e. The normalized spacial score (nSPS) is 11.9. The van der Waals surface area contributed by atoms with Gasteiger partial charge in [-0.2, -0.15) is 5.10 Å². The molecule has 0 aliphatic heterocycles. The molecule has 1 atom stereocenters. The fourth-order valence-electron chi connectivity index (χ4n) is 2.45. The quantitative estimate of drug-likeness (QED) is 0.362. The molecule has 2 aromatic carbocycles. The van der Waals surface area contributed by atoms with Crippen molar-refractivity contribution < 1.29 is 19.4 Å². The Hall–Kier alpha value is -3.22. The molecule has 0 bridgehead atoms. The maximum absolute atomic E-state index is 11.8. The minimum Gasteiger partial charge on any atom is -0.490 e. The molecule has 0 unspecified atom stereocenters. The van der Waals surface area contributed by atoms with Gasteiger partial charge in [0, 0.05) is 5.69 Å². The predicted octanol–water partition coefficient (Wildman–Crippen LogP) is 3.01. The number of benzene rings is 2. The van der Waals surface area contributed by atoms with Crippen LogP contribution in [0.3, 0.4) is 0 Å². The molecular weight excluding hydrogens is 334 g/mol. The number of hydrogen-bond acceptors (Lipinski definition) is 6. The van der Waals surface area contributed by atoms with E-state index in [1.165, 1.54) is 6.21 Å². The third-order valence-corrected chi connectivity index (χ3v) is 3.59. The van der Waals surface area contributed by atoms with Crippen LogP contribution in [0.1, 0.15) is 31.0 Å². The van der Waals surface area contributed by atoms with Gasteiger partial charge in [0.2, 0.25) is 0 Å². The second kappa shape index (κ2) is 9.31.